The molecule has 2 aliphatic heterocycles. The van der Waals surface area contributed by atoms with Crippen LogP contribution >= 0.6 is 0 Å². The highest BCUT2D eigenvalue weighted by Crippen LogP contribution is 2.36. The first kappa shape index (κ1) is 19.0. The fourth-order valence-corrected chi connectivity index (χ4v) is 2.62. The van der Waals surface area contributed by atoms with E-state index in [4.69, 9.17) is 23.7 Å². The molecule has 0 saturated carbocycles. The van der Waals surface area contributed by atoms with Gasteiger partial charge in [0, 0.05) is 11.5 Å². The Morgan fingerprint density at radius 1 is 1.04 bits per heavy atom. The van der Waals surface area contributed by atoms with E-state index in [1.165, 1.54) is 0 Å². The lowest BCUT2D eigenvalue weighted by molar-refractivity contribution is -0.144. The fraction of sp³-hybridized carbons (Fsp3) is 0.500. The van der Waals surface area contributed by atoms with Crippen LogP contribution in [0.25, 0.3) is 10.8 Å². The van der Waals surface area contributed by atoms with Gasteiger partial charge in [0.25, 0.3) is 0 Å². The Hall–Kier alpha value is -2.31. The lowest BCUT2D eigenvalue weighted by atomic mass is 9.90. The molecule has 2 saturated heterocycles. The van der Waals surface area contributed by atoms with Gasteiger partial charge in [0.1, 0.15) is 42.7 Å². The monoisotopic (exact) mass is 386 g/mol. The molecule has 0 aliphatic carbocycles. The van der Waals surface area contributed by atoms with Crippen LogP contribution in [0.1, 0.15) is 27.2 Å². The van der Waals surface area contributed by atoms with Crippen molar-refractivity contribution in [3.8, 4) is 17.2 Å². The minimum atomic E-state index is -0.567. The summed E-state index contributed by atoms with van der Waals surface area (Å²) in [6, 6.07) is 9.45. The Morgan fingerprint density at radius 2 is 1.68 bits per heavy atom. The zero-order valence-electron chi connectivity index (χ0n) is 16.5. The van der Waals surface area contributed by atoms with Crippen LogP contribution in [0.3, 0.4) is 0 Å². The number of epoxide rings is 2. The Bertz CT molecular complexity index is 867. The second kappa shape index (κ2) is 7.60. The van der Waals surface area contributed by atoms with Gasteiger partial charge >= 0.3 is 5.97 Å². The molecule has 2 atom stereocenters. The first-order chi connectivity index (χ1) is 13.4. The van der Waals surface area contributed by atoms with Crippen molar-refractivity contribution < 1.29 is 28.5 Å². The molecule has 2 aromatic rings. The first-order valence-corrected chi connectivity index (χ1v) is 9.73. The van der Waals surface area contributed by atoms with E-state index in [1.807, 2.05) is 45.0 Å². The summed E-state index contributed by atoms with van der Waals surface area (Å²) >= 11 is 0. The van der Waals surface area contributed by atoms with Gasteiger partial charge in [-0.3, -0.25) is 4.79 Å². The summed E-state index contributed by atoms with van der Waals surface area (Å²) in [5.74, 6) is 1.58. The maximum atomic E-state index is 12.7. The lowest BCUT2D eigenvalue weighted by Crippen LogP contribution is -2.28. The largest absolute Gasteiger partial charge is 0.491 e. The number of ether oxygens (including phenoxy) is 5. The molecule has 2 unspecified atom stereocenters. The number of hydrogen-bond acceptors (Lipinski definition) is 6. The van der Waals surface area contributed by atoms with Crippen LogP contribution in [-0.4, -0.2) is 44.6 Å². The average molecular weight is 386 g/mol. The van der Waals surface area contributed by atoms with E-state index < -0.39 is 5.41 Å². The molecular weight excluding hydrogens is 360 g/mol. The molecule has 0 radical (unpaired) electrons. The minimum absolute atomic E-state index is 0.154. The van der Waals surface area contributed by atoms with Crippen molar-refractivity contribution in [3.05, 3.63) is 30.3 Å². The number of carbonyl (C=O) groups excluding carboxylic acids is 1. The molecule has 0 spiro atoms. The SMILES string of the molecule is CCC(C)(C)C(=O)Oc1cc(OCC2CO2)cc2ccc(OCC3CO3)cc12. The lowest BCUT2D eigenvalue weighted by Gasteiger charge is -2.21. The van der Waals surface area contributed by atoms with Crippen molar-refractivity contribution in [2.75, 3.05) is 26.4 Å². The predicted octanol–water partition coefficient (Wildman–Crippen LogP) is 3.74. The third-order valence-electron chi connectivity index (χ3n) is 5.18. The molecule has 6 heteroatoms. The summed E-state index contributed by atoms with van der Waals surface area (Å²) in [6.07, 6.45) is 1.02. The Kier molecular flexibility index (Phi) is 5.17. The van der Waals surface area contributed by atoms with Crippen LogP contribution in [0.4, 0.5) is 0 Å². The maximum absolute atomic E-state index is 12.7. The van der Waals surface area contributed by atoms with Crippen molar-refractivity contribution in [1.82, 2.24) is 0 Å². The first-order valence-electron chi connectivity index (χ1n) is 9.73. The van der Waals surface area contributed by atoms with Gasteiger partial charge < -0.3 is 23.7 Å². The van der Waals surface area contributed by atoms with E-state index in [9.17, 15) is 4.79 Å². The maximum Gasteiger partial charge on any atom is 0.316 e. The van der Waals surface area contributed by atoms with Crippen molar-refractivity contribution >= 4 is 16.7 Å². The molecule has 0 N–H and O–H groups in total. The number of fused-ring (bicyclic) bond motifs is 1. The van der Waals surface area contributed by atoms with Gasteiger partial charge in [-0.2, -0.15) is 0 Å². The molecule has 6 nitrogen and oxygen atoms in total. The average Bonchev–Trinajstić information content (AvgIpc) is 3.59. The van der Waals surface area contributed by atoms with E-state index in [0.29, 0.717) is 31.1 Å². The Balaban J connectivity index is 1.63. The summed E-state index contributed by atoms with van der Waals surface area (Å²) in [4.78, 5) is 12.7. The van der Waals surface area contributed by atoms with Gasteiger partial charge in [-0.25, -0.2) is 0 Å². The van der Waals surface area contributed by atoms with Gasteiger partial charge in [-0.15, -0.1) is 0 Å². The molecule has 2 fully saturated rings. The molecule has 2 aliphatic rings. The number of rotatable bonds is 9. The molecule has 0 bridgehead atoms. The topological polar surface area (TPSA) is 69.8 Å². The van der Waals surface area contributed by atoms with Crippen LogP contribution in [0.15, 0.2) is 30.3 Å². The van der Waals surface area contributed by atoms with Gasteiger partial charge in [-0.1, -0.05) is 13.0 Å². The van der Waals surface area contributed by atoms with Crippen molar-refractivity contribution in [1.29, 1.82) is 0 Å². The highest BCUT2D eigenvalue weighted by molar-refractivity contribution is 5.93. The molecule has 150 valence electrons. The number of benzene rings is 2. The second-order valence-electron chi connectivity index (χ2n) is 7.96. The zero-order chi connectivity index (χ0) is 19.7. The molecule has 0 aromatic heterocycles. The molecule has 4 rings (SSSR count). The smallest absolute Gasteiger partial charge is 0.316 e. The van der Waals surface area contributed by atoms with Crippen molar-refractivity contribution in [2.45, 2.75) is 39.4 Å². The van der Waals surface area contributed by atoms with Crippen LogP contribution < -0.4 is 14.2 Å². The summed E-state index contributed by atoms with van der Waals surface area (Å²) in [5.41, 5.74) is -0.567. The van der Waals surface area contributed by atoms with E-state index in [0.717, 1.165) is 29.7 Å². The minimum Gasteiger partial charge on any atom is -0.491 e. The van der Waals surface area contributed by atoms with Gasteiger partial charge in [0.15, 0.2) is 0 Å². The number of hydrogen-bond donors (Lipinski definition) is 0. The summed E-state index contributed by atoms with van der Waals surface area (Å²) in [6.45, 7) is 8.22. The summed E-state index contributed by atoms with van der Waals surface area (Å²) in [7, 11) is 0. The van der Waals surface area contributed by atoms with Crippen LogP contribution in [-0.2, 0) is 14.3 Å². The van der Waals surface area contributed by atoms with E-state index in [1.54, 1.807) is 6.07 Å². The molecule has 0 amide bonds. The standard InChI is InChI=1S/C22H26O6/c1-4-22(2,3)21(23)28-20-9-16(25-11-18-13-27-18)7-14-5-6-15(8-19(14)20)24-10-17-12-26-17/h5-9,17-18H,4,10-13H2,1-3H3. The molecule has 28 heavy (non-hydrogen) atoms. The second-order valence-corrected chi connectivity index (χ2v) is 7.96. The van der Waals surface area contributed by atoms with Crippen LogP contribution in [0, 0.1) is 5.41 Å². The quantitative estimate of drug-likeness (QED) is 0.371. The highest BCUT2D eigenvalue weighted by atomic mass is 16.6. The number of esters is 1. The van der Waals surface area contributed by atoms with Gasteiger partial charge in [0.2, 0.25) is 0 Å². The van der Waals surface area contributed by atoms with Crippen LogP contribution in [0.5, 0.6) is 17.2 Å². The van der Waals surface area contributed by atoms with Crippen LogP contribution in [0.2, 0.25) is 0 Å². The van der Waals surface area contributed by atoms with Gasteiger partial charge in [-0.05, 0) is 43.9 Å². The molecule has 2 aromatic carbocycles. The highest BCUT2D eigenvalue weighted by Gasteiger charge is 2.29. The van der Waals surface area contributed by atoms with Gasteiger partial charge in [0.05, 0.1) is 18.6 Å². The molecular formula is C22H26O6. The van der Waals surface area contributed by atoms with Crippen molar-refractivity contribution in [3.63, 3.8) is 0 Å². The zero-order valence-corrected chi connectivity index (χ0v) is 16.5. The third-order valence-corrected chi connectivity index (χ3v) is 5.18. The predicted molar refractivity (Wildman–Crippen MR) is 104 cm³/mol. The van der Waals surface area contributed by atoms with Crippen molar-refractivity contribution in [2.24, 2.45) is 5.41 Å². The van der Waals surface area contributed by atoms with E-state index in [2.05, 4.69) is 0 Å². The molecule has 2 heterocycles. The Labute approximate surface area is 164 Å². The van der Waals surface area contributed by atoms with E-state index in [-0.39, 0.29) is 18.2 Å². The number of carbonyl (C=O) groups is 1. The fourth-order valence-electron chi connectivity index (χ4n) is 2.62. The third kappa shape index (κ3) is 4.56. The van der Waals surface area contributed by atoms with E-state index >= 15 is 0 Å². The Morgan fingerprint density at radius 3 is 2.29 bits per heavy atom. The normalized spacial score (nSPS) is 20.7. The summed E-state index contributed by atoms with van der Waals surface area (Å²) < 4.78 is 27.8. The summed E-state index contributed by atoms with van der Waals surface area (Å²) in [5, 5.41) is 1.73.